The van der Waals surface area contributed by atoms with Gasteiger partial charge in [-0.15, -0.1) is 0 Å². The number of anilines is 2. The number of hydrogen-bond acceptors (Lipinski definition) is 4. The van der Waals surface area contributed by atoms with E-state index in [9.17, 15) is 19.5 Å². The van der Waals surface area contributed by atoms with Gasteiger partial charge in [-0.1, -0.05) is 0 Å². The lowest BCUT2D eigenvalue weighted by molar-refractivity contribution is -0.297. The van der Waals surface area contributed by atoms with Crippen molar-refractivity contribution in [2.24, 2.45) is 0 Å². The van der Waals surface area contributed by atoms with Crippen LogP contribution in [-0.2, 0) is 14.4 Å². The smallest absolute Gasteiger partial charge is 0.248 e. The van der Waals surface area contributed by atoms with E-state index in [0.717, 1.165) is 6.08 Å². The Morgan fingerprint density at radius 3 is 2.21 bits per heavy atom. The van der Waals surface area contributed by atoms with Crippen LogP contribution in [0.4, 0.5) is 11.4 Å². The minimum atomic E-state index is -1.44. The minimum absolute atomic E-state index is 0.103. The maximum Gasteiger partial charge on any atom is 0.248 e. The molecule has 1 aromatic carbocycles. The van der Waals surface area contributed by atoms with E-state index in [0.29, 0.717) is 17.5 Å². The molecule has 0 heterocycles. The van der Waals surface area contributed by atoms with Gasteiger partial charge in [-0.2, -0.15) is 0 Å². The third-order valence-corrected chi connectivity index (χ3v) is 2.37. The van der Waals surface area contributed by atoms with Crippen LogP contribution in [0.3, 0.4) is 0 Å². The van der Waals surface area contributed by atoms with E-state index in [1.54, 1.807) is 31.3 Å². The van der Waals surface area contributed by atoms with E-state index < -0.39 is 11.9 Å². The highest BCUT2D eigenvalue weighted by molar-refractivity contribution is 6.02. The third kappa shape index (κ3) is 4.63. The van der Waals surface area contributed by atoms with E-state index >= 15 is 0 Å². The maximum atomic E-state index is 11.3. The van der Waals surface area contributed by atoms with Crippen LogP contribution in [0, 0.1) is 0 Å². The summed E-state index contributed by atoms with van der Waals surface area (Å²) in [7, 11) is 1.64. The van der Waals surface area contributed by atoms with Crippen molar-refractivity contribution in [1.29, 1.82) is 0 Å². The Balaban J connectivity index is 2.69. The molecular weight excluding hydrogens is 248 g/mol. The van der Waals surface area contributed by atoms with Gasteiger partial charge in [-0.05, 0) is 30.3 Å². The molecule has 6 heteroatoms. The van der Waals surface area contributed by atoms with Crippen molar-refractivity contribution in [3.05, 3.63) is 36.4 Å². The first kappa shape index (κ1) is 14.4. The van der Waals surface area contributed by atoms with Crippen LogP contribution in [0.5, 0.6) is 0 Å². The molecular formula is C13H13N2O4-. The van der Waals surface area contributed by atoms with E-state index in [-0.39, 0.29) is 5.91 Å². The van der Waals surface area contributed by atoms with Gasteiger partial charge in [-0.3, -0.25) is 9.59 Å². The standard InChI is InChI=1S/C13H14N2O4/c1-9(16)15(2)11-5-3-10(4-6-11)14-12(17)7-8-13(18)19/h3-8H,1-2H3,(H,14,17)(H,18,19)/p-1/b8-7+. The molecule has 0 aliphatic heterocycles. The molecule has 0 aliphatic carbocycles. The highest BCUT2D eigenvalue weighted by Gasteiger charge is 2.05. The second-order valence-corrected chi connectivity index (χ2v) is 3.77. The third-order valence-electron chi connectivity index (χ3n) is 2.37. The number of carbonyl (C=O) groups is 3. The summed E-state index contributed by atoms with van der Waals surface area (Å²) in [6.45, 7) is 1.44. The van der Waals surface area contributed by atoms with Crippen LogP contribution in [-0.4, -0.2) is 24.8 Å². The van der Waals surface area contributed by atoms with Gasteiger partial charge in [0.05, 0.1) is 5.97 Å². The number of hydrogen-bond donors (Lipinski definition) is 1. The molecule has 0 atom stereocenters. The fourth-order valence-electron chi connectivity index (χ4n) is 1.28. The van der Waals surface area contributed by atoms with E-state index in [1.807, 2.05) is 0 Å². The molecule has 19 heavy (non-hydrogen) atoms. The molecule has 100 valence electrons. The highest BCUT2D eigenvalue weighted by atomic mass is 16.4. The van der Waals surface area contributed by atoms with Gasteiger partial charge in [0.15, 0.2) is 0 Å². The Bertz CT molecular complexity index is 520. The summed E-state index contributed by atoms with van der Waals surface area (Å²) >= 11 is 0. The SMILES string of the molecule is CC(=O)N(C)c1ccc(NC(=O)/C=C/C(=O)[O-])cc1. The number of nitrogens with one attached hydrogen (secondary N) is 1. The molecule has 1 N–H and O–H groups in total. The molecule has 6 nitrogen and oxygen atoms in total. The van der Waals surface area contributed by atoms with Crippen molar-refractivity contribution in [3.63, 3.8) is 0 Å². The van der Waals surface area contributed by atoms with Crippen molar-refractivity contribution in [3.8, 4) is 0 Å². The van der Waals surface area contributed by atoms with Gasteiger partial charge in [0.2, 0.25) is 11.8 Å². The van der Waals surface area contributed by atoms with Crippen LogP contribution < -0.4 is 15.3 Å². The minimum Gasteiger partial charge on any atom is -0.545 e. The Morgan fingerprint density at radius 2 is 1.74 bits per heavy atom. The molecule has 2 amide bonds. The summed E-state index contributed by atoms with van der Waals surface area (Å²) in [5.74, 6) is -2.11. The quantitative estimate of drug-likeness (QED) is 0.767. The number of carbonyl (C=O) groups excluding carboxylic acids is 3. The van der Waals surface area contributed by atoms with Gasteiger partial charge in [0, 0.05) is 31.4 Å². The summed E-state index contributed by atoms with van der Waals surface area (Å²) in [6, 6.07) is 6.55. The fraction of sp³-hybridized carbons (Fsp3) is 0.154. The molecule has 0 aromatic heterocycles. The predicted molar refractivity (Wildman–Crippen MR) is 68.3 cm³/mol. The van der Waals surface area contributed by atoms with Crippen molar-refractivity contribution >= 4 is 29.2 Å². The zero-order chi connectivity index (χ0) is 14.4. The van der Waals surface area contributed by atoms with Crippen LogP contribution in [0.15, 0.2) is 36.4 Å². The number of amides is 2. The molecule has 1 aromatic rings. The molecule has 0 saturated heterocycles. The number of aliphatic carboxylic acids is 1. The molecule has 0 fully saturated rings. The number of carboxylic acid groups (broad SMARTS) is 1. The van der Waals surface area contributed by atoms with Crippen LogP contribution >= 0.6 is 0 Å². The second-order valence-electron chi connectivity index (χ2n) is 3.77. The summed E-state index contributed by atoms with van der Waals surface area (Å²) in [5.41, 5.74) is 1.18. The van der Waals surface area contributed by atoms with Crippen molar-refractivity contribution in [2.45, 2.75) is 6.92 Å². The molecule has 0 aliphatic rings. The largest absolute Gasteiger partial charge is 0.545 e. The zero-order valence-corrected chi connectivity index (χ0v) is 10.5. The van der Waals surface area contributed by atoms with Crippen LogP contribution in [0.2, 0.25) is 0 Å². The van der Waals surface area contributed by atoms with Crippen LogP contribution in [0.25, 0.3) is 0 Å². The Hall–Kier alpha value is -2.63. The van der Waals surface area contributed by atoms with Gasteiger partial charge >= 0.3 is 0 Å². The van der Waals surface area contributed by atoms with Crippen molar-refractivity contribution in [1.82, 2.24) is 0 Å². The first-order chi connectivity index (χ1) is 8.90. The summed E-state index contributed by atoms with van der Waals surface area (Å²) in [4.78, 5) is 34.0. The Morgan fingerprint density at radius 1 is 1.16 bits per heavy atom. The first-order valence-electron chi connectivity index (χ1n) is 5.44. The number of carboxylic acids is 1. The lowest BCUT2D eigenvalue weighted by atomic mass is 10.2. The normalized spacial score (nSPS) is 10.2. The molecule has 0 radical (unpaired) electrons. The van der Waals surface area contributed by atoms with Crippen molar-refractivity contribution < 1.29 is 19.5 Å². The number of benzene rings is 1. The summed E-state index contributed by atoms with van der Waals surface area (Å²) in [6.07, 6.45) is 1.51. The molecule has 0 spiro atoms. The molecule has 1 rings (SSSR count). The Kier molecular flexibility index (Phi) is 4.82. The van der Waals surface area contributed by atoms with E-state index in [4.69, 9.17) is 0 Å². The van der Waals surface area contributed by atoms with Gasteiger partial charge in [0.1, 0.15) is 0 Å². The maximum absolute atomic E-state index is 11.3. The lowest BCUT2D eigenvalue weighted by Gasteiger charge is -2.15. The van der Waals surface area contributed by atoms with Gasteiger partial charge < -0.3 is 20.1 Å². The monoisotopic (exact) mass is 261 g/mol. The average Bonchev–Trinajstić information content (AvgIpc) is 2.36. The lowest BCUT2D eigenvalue weighted by Crippen LogP contribution is -2.22. The molecule has 0 saturated carbocycles. The summed E-state index contributed by atoms with van der Waals surface area (Å²) in [5, 5.41) is 12.6. The van der Waals surface area contributed by atoms with Crippen LogP contribution in [0.1, 0.15) is 6.92 Å². The number of rotatable bonds is 4. The predicted octanol–water partition coefficient (Wildman–Crippen LogP) is -0.0861. The molecule has 0 unspecified atom stereocenters. The average molecular weight is 261 g/mol. The zero-order valence-electron chi connectivity index (χ0n) is 10.5. The summed E-state index contributed by atoms with van der Waals surface area (Å²) < 4.78 is 0. The second kappa shape index (κ2) is 6.34. The van der Waals surface area contributed by atoms with E-state index in [2.05, 4.69) is 5.32 Å². The number of nitrogens with zero attached hydrogens (tertiary/aromatic N) is 1. The topological polar surface area (TPSA) is 89.5 Å². The van der Waals surface area contributed by atoms with Gasteiger partial charge in [-0.25, -0.2) is 0 Å². The highest BCUT2D eigenvalue weighted by Crippen LogP contribution is 2.16. The first-order valence-corrected chi connectivity index (χ1v) is 5.44. The van der Waals surface area contributed by atoms with Crippen molar-refractivity contribution in [2.75, 3.05) is 17.3 Å². The Labute approximate surface area is 110 Å². The van der Waals surface area contributed by atoms with Gasteiger partial charge in [0.25, 0.3) is 0 Å². The van der Waals surface area contributed by atoms with E-state index in [1.165, 1.54) is 11.8 Å². The molecule has 0 bridgehead atoms. The fourth-order valence-corrected chi connectivity index (χ4v) is 1.28.